The van der Waals surface area contributed by atoms with Gasteiger partial charge in [-0.25, -0.2) is 26.8 Å². The molecule has 0 unspecified atom stereocenters. The summed E-state index contributed by atoms with van der Waals surface area (Å²) in [6.45, 7) is 3.57. The Labute approximate surface area is 247 Å². The number of benzene rings is 2. The van der Waals surface area contributed by atoms with Gasteiger partial charge in [0.15, 0.2) is 0 Å². The molecule has 38 heavy (non-hydrogen) atoms. The summed E-state index contributed by atoms with van der Waals surface area (Å²) in [5.41, 5.74) is 3.84. The van der Waals surface area contributed by atoms with E-state index in [0.717, 1.165) is 11.1 Å². The minimum absolute atomic E-state index is 0.0346. The number of pyridine rings is 2. The summed E-state index contributed by atoms with van der Waals surface area (Å²) in [5, 5.41) is 0.322. The van der Waals surface area contributed by atoms with E-state index < -0.39 is 20.0 Å². The molecule has 0 saturated carbocycles. The molecule has 0 radical (unpaired) electrons. The van der Waals surface area contributed by atoms with Crippen molar-refractivity contribution in [2.75, 3.05) is 9.44 Å². The van der Waals surface area contributed by atoms with E-state index in [1.165, 1.54) is 24.5 Å². The largest absolute Gasteiger partial charge is 0.279 e. The number of halogens is 4. The Morgan fingerprint density at radius 2 is 1.03 bits per heavy atom. The average molecular weight is 721 g/mol. The molecule has 2 aromatic carbocycles. The van der Waals surface area contributed by atoms with Gasteiger partial charge in [-0.05, 0) is 104 Å². The van der Waals surface area contributed by atoms with Crippen molar-refractivity contribution < 1.29 is 16.8 Å². The zero-order valence-corrected chi connectivity index (χ0v) is 25.9. The van der Waals surface area contributed by atoms with Gasteiger partial charge < -0.3 is 0 Å². The van der Waals surface area contributed by atoms with Gasteiger partial charge >= 0.3 is 0 Å². The number of nitrogens with one attached hydrogen (secondary N) is 2. The van der Waals surface area contributed by atoms with Gasteiger partial charge in [0.2, 0.25) is 0 Å². The molecule has 0 amide bonds. The minimum Gasteiger partial charge on any atom is -0.279 e. The summed E-state index contributed by atoms with van der Waals surface area (Å²) in [7, 11) is -7.78. The Hall–Kier alpha value is -2.22. The third-order valence-electron chi connectivity index (χ3n) is 5.44. The fourth-order valence-electron chi connectivity index (χ4n) is 3.42. The van der Waals surface area contributed by atoms with Crippen LogP contribution in [0.4, 0.5) is 11.4 Å². The Morgan fingerprint density at radius 1 is 0.658 bits per heavy atom. The maximum atomic E-state index is 12.8. The monoisotopic (exact) mass is 718 g/mol. The molecule has 0 bridgehead atoms. The highest BCUT2D eigenvalue weighted by molar-refractivity contribution is 9.10. The summed E-state index contributed by atoms with van der Waals surface area (Å²) < 4.78 is 57.2. The van der Waals surface area contributed by atoms with Crippen molar-refractivity contribution in [2.45, 2.75) is 23.6 Å². The highest BCUT2D eigenvalue weighted by Crippen LogP contribution is 2.31. The number of hydrogen-bond donors (Lipinski definition) is 2. The van der Waals surface area contributed by atoms with Crippen LogP contribution in [0.2, 0.25) is 10.3 Å². The molecule has 0 aliphatic heterocycles. The lowest BCUT2D eigenvalue weighted by Gasteiger charge is -2.14. The standard InChI is InChI=1S/C24H18Br2Cl2N4O4S2/c1-13-7-15(3-5-21(13)31-37(33,34)17-9-19(25)23(27)29-11-17)16-4-6-22(14(2)8-16)32-38(35,36)18-10-20(26)24(28)30-12-18/h3-12,31-32H,1-2H3. The molecule has 0 atom stereocenters. The van der Waals surface area contributed by atoms with Crippen LogP contribution in [0.15, 0.2) is 79.7 Å². The average Bonchev–Trinajstić information content (AvgIpc) is 2.84. The van der Waals surface area contributed by atoms with Gasteiger partial charge in [-0.2, -0.15) is 0 Å². The van der Waals surface area contributed by atoms with E-state index in [-0.39, 0.29) is 20.1 Å². The van der Waals surface area contributed by atoms with Crippen LogP contribution in [0.3, 0.4) is 0 Å². The number of nitrogens with zero attached hydrogens (tertiary/aromatic N) is 2. The second-order valence-electron chi connectivity index (χ2n) is 8.16. The molecule has 0 fully saturated rings. The maximum Gasteiger partial charge on any atom is 0.263 e. The summed E-state index contributed by atoms with van der Waals surface area (Å²) >= 11 is 18.1. The number of aromatic nitrogens is 2. The molecule has 0 spiro atoms. The molecule has 14 heteroatoms. The third-order valence-corrected chi connectivity index (χ3v) is 10.4. The Morgan fingerprint density at radius 3 is 1.34 bits per heavy atom. The zero-order chi connectivity index (χ0) is 27.8. The first-order chi connectivity index (χ1) is 17.8. The highest BCUT2D eigenvalue weighted by atomic mass is 79.9. The zero-order valence-electron chi connectivity index (χ0n) is 19.6. The van der Waals surface area contributed by atoms with Gasteiger partial charge in [-0.15, -0.1) is 0 Å². The van der Waals surface area contributed by atoms with Crippen LogP contribution >= 0.6 is 55.1 Å². The minimum atomic E-state index is -3.89. The number of anilines is 2. The highest BCUT2D eigenvalue weighted by Gasteiger charge is 2.19. The van der Waals surface area contributed by atoms with Crippen LogP contribution in [-0.2, 0) is 20.0 Å². The van der Waals surface area contributed by atoms with E-state index in [1.807, 2.05) is 12.1 Å². The fraction of sp³-hybridized carbons (Fsp3) is 0.0833. The SMILES string of the molecule is Cc1cc(-c2ccc(NS(=O)(=O)c3cnc(Cl)c(Br)c3)c(C)c2)ccc1NS(=O)(=O)c1cnc(Cl)c(Br)c1. The topological polar surface area (TPSA) is 118 Å². The first-order valence-electron chi connectivity index (χ1n) is 10.7. The van der Waals surface area contributed by atoms with Gasteiger partial charge in [0.05, 0.1) is 20.3 Å². The molecule has 198 valence electrons. The maximum absolute atomic E-state index is 12.8. The first kappa shape index (κ1) is 28.8. The van der Waals surface area contributed by atoms with E-state index in [4.69, 9.17) is 23.2 Å². The van der Waals surface area contributed by atoms with Crippen LogP contribution in [0, 0.1) is 13.8 Å². The molecule has 2 aromatic heterocycles. The quantitative estimate of drug-likeness (QED) is 0.195. The number of aryl methyl sites for hydroxylation is 2. The van der Waals surface area contributed by atoms with Crippen molar-refractivity contribution >= 4 is 86.5 Å². The molecule has 0 aliphatic rings. The smallest absolute Gasteiger partial charge is 0.263 e. The van der Waals surface area contributed by atoms with Crippen LogP contribution in [0.1, 0.15) is 11.1 Å². The number of sulfonamides is 2. The lowest BCUT2D eigenvalue weighted by molar-refractivity contribution is 0.599. The van der Waals surface area contributed by atoms with Crippen LogP contribution < -0.4 is 9.44 Å². The van der Waals surface area contributed by atoms with Gasteiger partial charge in [-0.1, -0.05) is 35.3 Å². The van der Waals surface area contributed by atoms with Crippen molar-refractivity contribution in [3.05, 3.63) is 91.3 Å². The molecule has 2 N–H and O–H groups in total. The summed E-state index contributed by atoms with van der Waals surface area (Å²) in [5.74, 6) is 0. The molecule has 0 aliphatic carbocycles. The van der Waals surface area contributed by atoms with Gasteiger partial charge in [0.25, 0.3) is 20.0 Å². The van der Waals surface area contributed by atoms with Crippen molar-refractivity contribution in [1.29, 1.82) is 0 Å². The molecule has 8 nitrogen and oxygen atoms in total. The predicted octanol–water partition coefficient (Wildman–Crippen LogP) is 7.19. The van der Waals surface area contributed by atoms with Gasteiger partial charge in [0.1, 0.15) is 20.1 Å². The van der Waals surface area contributed by atoms with Gasteiger partial charge in [0, 0.05) is 12.4 Å². The number of hydrogen-bond acceptors (Lipinski definition) is 6. The summed E-state index contributed by atoms with van der Waals surface area (Å²) in [4.78, 5) is 7.67. The van der Waals surface area contributed by atoms with E-state index in [9.17, 15) is 16.8 Å². The van der Waals surface area contributed by atoms with Crippen molar-refractivity contribution in [2.24, 2.45) is 0 Å². The third kappa shape index (κ3) is 6.32. The second-order valence-corrected chi connectivity index (χ2v) is 13.9. The Kier molecular flexibility index (Phi) is 8.41. The lowest BCUT2D eigenvalue weighted by atomic mass is 10.0. The van der Waals surface area contributed by atoms with Crippen molar-refractivity contribution in [1.82, 2.24) is 9.97 Å². The van der Waals surface area contributed by atoms with Crippen molar-refractivity contribution in [3.63, 3.8) is 0 Å². The van der Waals surface area contributed by atoms with Gasteiger partial charge in [-0.3, -0.25) is 9.44 Å². The molecule has 4 rings (SSSR count). The summed E-state index contributed by atoms with van der Waals surface area (Å²) in [6.07, 6.45) is 2.36. The second kappa shape index (κ2) is 11.1. The molecule has 0 saturated heterocycles. The predicted molar refractivity (Wildman–Crippen MR) is 157 cm³/mol. The van der Waals surface area contributed by atoms with Crippen LogP contribution in [0.25, 0.3) is 11.1 Å². The Bertz CT molecular complexity index is 1660. The lowest BCUT2D eigenvalue weighted by Crippen LogP contribution is -2.14. The summed E-state index contributed by atoms with van der Waals surface area (Å²) in [6, 6.07) is 13.3. The van der Waals surface area contributed by atoms with E-state index in [1.54, 1.807) is 38.1 Å². The molecule has 4 aromatic rings. The fourth-order valence-corrected chi connectivity index (χ4v) is 6.83. The normalized spacial score (nSPS) is 11.8. The number of rotatable bonds is 7. The van der Waals surface area contributed by atoms with Crippen LogP contribution in [-0.4, -0.2) is 26.8 Å². The van der Waals surface area contributed by atoms with E-state index >= 15 is 0 Å². The van der Waals surface area contributed by atoms with Crippen LogP contribution in [0.5, 0.6) is 0 Å². The Balaban J connectivity index is 1.56. The molecular weight excluding hydrogens is 703 g/mol. The molecule has 2 heterocycles. The van der Waals surface area contributed by atoms with Crippen molar-refractivity contribution in [3.8, 4) is 11.1 Å². The van der Waals surface area contributed by atoms with E-state index in [0.29, 0.717) is 31.4 Å². The first-order valence-corrected chi connectivity index (χ1v) is 16.0. The molecular formula is C24H18Br2Cl2N4O4S2. The van der Waals surface area contributed by atoms with E-state index in [2.05, 4.69) is 51.3 Å².